The van der Waals surface area contributed by atoms with E-state index in [0.29, 0.717) is 0 Å². The molecule has 0 bridgehead atoms. The van der Waals surface area contributed by atoms with Crippen LogP contribution in [0.4, 0.5) is 11.4 Å². The highest BCUT2D eigenvalue weighted by Crippen LogP contribution is 2.48. The fourth-order valence-electron chi connectivity index (χ4n) is 7.27. The normalized spacial score (nSPS) is 19.6. The van der Waals surface area contributed by atoms with Gasteiger partial charge in [-0.2, -0.15) is 0 Å². The van der Waals surface area contributed by atoms with Gasteiger partial charge < -0.3 is 5.32 Å². The Kier molecular flexibility index (Phi) is 6.53. The van der Waals surface area contributed by atoms with E-state index >= 15 is 0 Å². The summed E-state index contributed by atoms with van der Waals surface area (Å²) in [6.45, 7) is 19.2. The van der Waals surface area contributed by atoms with E-state index in [9.17, 15) is 0 Å². The molecule has 0 aliphatic heterocycles. The molecule has 1 heteroatoms. The first-order valence-electron chi connectivity index (χ1n) is 15.5. The van der Waals surface area contributed by atoms with Gasteiger partial charge in [-0.1, -0.05) is 122 Å². The molecular weight excluding hydrogens is 494 g/mol. The SMILES string of the molecule is CC1(C)CCC(C)(C)c2cc(-c3ccc(Nc4ccccc4-c4ccc5c(c4)C(C)(C)CCC5(C)C)cc3)ccc21. The highest BCUT2D eigenvalue weighted by atomic mass is 14.9. The minimum atomic E-state index is 0.195. The van der Waals surface area contributed by atoms with Crippen molar-refractivity contribution in [2.75, 3.05) is 5.32 Å². The van der Waals surface area contributed by atoms with Gasteiger partial charge in [0.2, 0.25) is 0 Å². The zero-order valence-electron chi connectivity index (χ0n) is 26.4. The molecule has 0 fully saturated rings. The molecule has 0 aromatic heterocycles. The van der Waals surface area contributed by atoms with Crippen LogP contribution >= 0.6 is 0 Å². The maximum absolute atomic E-state index is 3.74. The standard InChI is InChI=1S/C40H47N/c1-37(2)21-23-39(5,6)34-25-28(15-19-32(34)37)27-13-17-30(18-14-27)41-36-12-10-9-11-31(36)29-16-20-33-35(26-29)40(7,8)24-22-38(33,3)4/h9-20,25-26,41H,21-24H2,1-8H3. The largest absolute Gasteiger partial charge is 0.355 e. The van der Waals surface area contributed by atoms with Crippen LogP contribution in [-0.4, -0.2) is 0 Å². The topological polar surface area (TPSA) is 12.0 Å². The first kappa shape index (κ1) is 27.8. The van der Waals surface area contributed by atoms with Gasteiger partial charge in [0.1, 0.15) is 0 Å². The maximum Gasteiger partial charge on any atom is 0.0463 e. The van der Waals surface area contributed by atoms with Crippen LogP contribution < -0.4 is 5.32 Å². The zero-order valence-corrected chi connectivity index (χ0v) is 26.4. The Morgan fingerprint density at radius 3 is 1.44 bits per heavy atom. The number of benzene rings is 4. The molecule has 1 N–H and O–H groups in total. The lowest BCUT2D eigenvalue weighted by Crippen LogP contribution is -2.33. The Morgan fingerprint density at radius 2 is 0.878 bits per heavy atom. The Hall–Kier alpha value is -3.32. The number of rotatable bonds is 4. The zero-order chi connectivity index (χ0) is 29.2. The van der Waals surface area contributed by atoms with Crippen LogP contribution in [0.3, 0.4) is 0 Å². The number of para-hydroxylation sites is 1. The molecule has 4 aromatic rings. The Balaban J connectivity index is 1.29. The van der Waals surface area contributed by atoms with Crippen molar-refractivity contribution in [3.8, 4) is 22.3 Å². The molecule has 2 aliphatic carbocycles. The second-order valence-electron chi connectivity index (χ2n) is 15.3. The Bertz CT molecular complexity index is 1600. The predicted molar refractivity (Wildman–Crippen MR) is 178 cm³/mol. The summed E-state index contributed by atoms with van der Waals surface area (Å²) in [6, 6.07) is 32.0. The van der Waals surface area contributed by atoms with Crippen molar-refractivity contribution in [2.24, 2.45) is 0 Å². The first-order valence-corrected chi connectivity index (χ1v) is 15.5. The third-order valence-electron chi connectivity index (χ3n) is 10.4. The fraction of sp³-hybridized carbons (Fsp3) is 0.400. The number of hydrogen-bond donors (Lipinski definition) is 1. The van der Waals surface area contributed by atoms with Gasteiger partial charge in [0.25, 0.3) is 0 Å². The Labute approximate surface area is 248 Å². The smallest absolute Gasteiger partial charge is 0.0463 e. The lowest BCUT2D eigenvalue weighted by atomic mass is 9.63. The lowest BCUT2D eigenvalue weighted by Gasteiger charge is -2.42. The van der Waals surface area contributed by atoms with Gasteiger partial charge in [-0.05, 0) is 104 Å². The van der Waals surface area contributed by atoms with Crippen molar-refractivity contribution in [3.05, 3.63) is 107 Å². The molecule has 0 heterocycles. The van der Waals surface area contributed by atoms with E-state index in [1.165, 1.54) is 70.2 Å². The summed E-state index contributed by atoms with van der Waals surface area (Å²) in [6.07, 6.45) is 4.94. The maximum atomic E-state index is 3.74. The van der Waals surface area contributed by atoms with Crippen LogP contribution in [0.2, 0.25) is 0 Å². The predicted octanol–water partition coefficient (Wildman–Crippen LogP) is 11.5. The monoisotopic (exact) mass is 541 g/mol. The molecule has 212 valence electrons. The van der Waals surface area contributed by atoms with E-state index in [1.54, 1.807) is 0 Å². The van der Waals surface area contributed by atoms with Crippen LogP contribution in [0.25, 0.3) is 22.3 Å². The van der Waals surface area contributed by atoms with Gasteiger partial charge in [-0.15, -0.1) is 0 Å². The molecule has 1 nitrogen and oxygen atoms in total. The van der Waals surface area contributed by atoms with Crippen LogP contribution in [0, 0.1) is 0 Å². The molecule has 41 heavy (non-hydrogen) atoms. The summed E-state index contributed by atoms with van der Waals surface area (Å²) in [5, 5.41) is 3.74. The van der Waals surface area contributed by atoms with Crippen molar-refractivity contribution in [1.29, 1.82) is 0 Å². The van der Waals surface area contributed by atoms with Gasteiger partial charge in [-0.3, -0.25) is 0 Å². The second kappa shape index (κ2) is 9.62. The van der Waals surface area contributed by atoms with Crippen molar-refractivity contribution in [2.45, 2.75) is 103 Å². The van der Waals surface area contributed by atoms with Crippen molar-refractivity contribution in [3.63, 3.8) is 0 Å². The van der Waals surface area contributed by atoms with Crippen LogP contribution in [-0.2, 0) is 21.7 Å². The molecule has 6 rings (SSSR count). The molecule has 2 aliphatic rings. The quantitative estimate of drug-likeness (QED) is 0.271. The third-order valence-corrected chi connectivity index (χ3v) is 10.4. The van der Waals surface area contributed by atoms with E-state index in [2.05, 4.69) is 146 Å². The van der Waals surface area contributed by atoms with E-state index in [0.717, 1.165) is 11.4 Å². The average Bonchev–Trinajstić information content (AvgIpc) is 2.94. The van der Waals surface area contributed by atoms with Crippen molar-refractivity contribution < 1.29 is 0 Å². The van der Waals surface area contributed by atoms with E-state index in [-0.39, 0.29) is 21.7 Å². The minimum absolute atomic E-state index is 0.195. The first-order chi connectivity index (χ1) is 19.3. The number of fused-ring (bicyclic) bond motifs is 2. The fourth-order valence-corrected chi connectivity index (χ4v) is 7.27. The van der Waals surface area contributed by atoms with Crippen molar-refractivity contribution in [1.82, 2.24) is 0 Å². The Morgan fingerprint density at radius 1 is 0.439 bits per heavy atom. The molecule has 0 unspecified atom stereocenters. The summed E-state index contributed by atoms with van der Waals surface area (Å²) < 4.78 is 0. The molecule has 0 amide bonds. The summed E-state index contributed by atoms with van der Waals surface area (Å²) >= 11 is 0. The molecule has 0 spiro atoms. The lowest BCUT2D eigenvalue weighted by molar-refractivity contribution is 0.332. The van der Waals surface area contributed by atoms with E-state index in [1.807, 2.05) is 0 Å². The number of anilines is 2. The third kappa shape index (κ3) is 5.03. The van der Waals surface area contributed by atoms with Crippen LogP contribution in [0.5, 0.6) is 0 Å². The van der Waals surface area contributed by atoms with Gasteiger partial charge in [-0.25, -0.2) is 0 Å². The van der Waals surface area contributed by atoms with Crippen molar-refractivity contribution >= 4 is 11.4 Å². The molecule has 0 radical (unpaired) electrons. The van der Waals surface area contributed by atoms with Gasteiger partial charge in [0.05, 0.1) is 0 Å². The highest BCUT2D eigenvalue weighted by Gasteiger charge is 2.38. The van der Waals surface area contributed by atoms with E-state index in [4.69, 9.17) is 0 Å². The summed E-state index contributed by atoms with van der Waals surface area (Å²) in [5.74, 6) is 0. The second-order valence-corrected chi connectivity index (χ2v) is 15.3. The molecular formula is C40H47N. The summed E-state index contributed by atoms with van der Waals surface area (Å²) in [7, 11) is 0. The van der Waals surface area contributed by atoms with Gasteiger partial charge in [0, 0.05) is 16.9 Å². The summed E-state index contributed by atoms with van der Waals surface area (Å²) in [4.78, 5) is 0. The van der Waals surface area contributed by atoms with Crippen LogP contribution in [0.1, 0.15) is 103 Å². The van der Waals surface area contributed by atoms with Gasteiger partial charge in [0.15, 0.2) is 0 Å². The minimum Gasteiger partial charge on any atom is -0.355 e. The van der Waals surface area contributed by atoms with E-state index < -0.39 is 0 Å². The van der Waals surface area contributed by atoms with Crippen LogP contribution in [0.15, 0.2) is 84.9 Å². The van der Waals surface area contributed by atoms with Gasteiger partial charge >= 0.3 is 0 Å². The summed E-state index contributed by atoms with van der Waals surface area (Å²) in [5.41, 5.74) is 14.3. The number of nitrogens with one attached hydrogen (secondary N) is 1. The number of hydrogen-bond acceptors (Lipinski definition) is 1. The molecule has 4 aromatic carbocycles. The average molecular weight is 542 g/mol. The molecule has 0 atom stereocenters. The highest BCUT2D eigenvalue weighted by molar-refractivity contribution is 5.82. The molecule has 0 saturated heterocycles. The molecule has 0 saturated carbocycles.